The van der Waals surface area contributed by atoms with Gasteiger partial charge in [-0.15, -0.1) is 0 Å². The molecule has 0 aliphatic rings. The summed E-state index contributed by atoms with van der Waals surface area (Å²) in [5.41, 5.74) is 0.962. The molecule has 0 fully saturated rings. The van der Waals surface area contributed by atoms with Gasteiger partial charge < -0.3 is 14.6 Å². The van der Waals surface area contributed by atoms with Crippen molar-refractivity contribution in [1.29, 1.82) is 0 Å². The van der Waals surface area contributed by atoms with Crippen LogP contribution in [0.2, 0.25) is 5.02 Å². The first-order chi connectivity index (χ1) is 9.56. The van der Waals surface area contributed by atoms with Gasteiger partial charge in [-0.3, -0.25) is 0 Å². The summed E-state index contributed by atoms with van der Waals surface area (Å²) < 4.78 is 11.0. The van der Waals surface area contributed by atoms with Crippen molar-refractivity contribution in [2.45, 2.75) is 6.10 Å². The molecular weight excluding hydrogens is 395 g/mol. The molecule has 106 valence electrons. The molecule has 1 aromatic carbocycles. The van der Waals surface area contributed by atoms with Gasteiger partial charge in [0, 0.05) is 14.2 Å². The minimum absolute atomic E-state index is 0.215. The number of ether oxygens (including phenoxy) is 2. The zero-order chi connectivity index (χ0) is 14.7. The maximum atomic E-state index is 10.5. The maximum Gasteiger partial charge on any atom is 0.241 e. The van der Waals surface area contributed by atoms with Crippen LogP contribution in [0.1, 0.15) is 17.4 Å². The van der Waals surface area contributed by atoms with E-state index in [2.05, 4.69) is 32.6 Å². The number of hydrogen-bond donors (Lipinski definition) is 1. The Morgan fingerprint density at radius 1 is 1.30 bits per heavy atom. The molecule has 0 radical (unpaired) electrons. The van der Waals surface area contributed by atoms with Crippen LogP contribution in [0.15, 0.2) is 24.4 Å². The molecule has 5 nitrogen and oxygen atoms in total. The van der Waals surface area contributed by atoms with Crippen LogP contribution in [-0.4, -0.2) is 29.3 Å². The number of aliphatic hydroxyl groups excluding tert-OH is 1. The first-order valence-corrected chi connectivity index (χ1v) is 7.10. The third-order valence-electron chi connectivity index (χ3n) is 2.66. The van der Waals surface area contributed by atoms with Crippen LogP contribution in [0, 0.1) is 3.57 Å². The Bertz CT molecular complexity index is 625. The first kappa shape index (κ1) is 15.3. The fourth-order valence-corrected chi connectivity index (χ4v) is 2.48. The monoisotopic (exact) mass is 406 g/mol. The van der Waals surface area contributed by atoms with Crippen molar-refractivity contribution in [3.8, 4) is 11.8 Å². The highest BCUT2D eigenvalue weighted by Crippen LogP contribution is 2.32. The number of methoxy groups -OCH3 is 2. The topological polar surface area (TPSA) is 64.5 Å². The first-order valence-electron chi connectivity index (χ1n) is 5.64. The van der Waals surface area contributed by atoms with Crippen LogP contribution in [0.4, 0.5) is 0 Å². The number of aliphatic hydroxyl groups is 1. The predicted molar refractivity (Wildman–Crippen MR) is 83.4 cm³/mol. The van der Waals surface area contributed by atoms with Gasteiger partial charge in [0.1, 0.15) is 11.8 Å². The lowest BCUT2D eigenvalue weighted by Crippen LogP contribution is -2.08. The Morgan fingerprint density at radius 2 is 2.05 bits per heavy atom. The van der Waals surface area contributed by atoms with E-state index in [4.69, 9.17) is 21.1 Å². The van der Waals surface area contributed by atoms with E-state index in [1.165, 1.54) is 20.4 Å². The predicted octanol–water partition coefficient (Wildman–Crippen LogP) is 2.83. The minimum atomic E-state index is -0.978. The Morgan fingerprint density at radius 3 is 2.70 bits per heavy atom. The second kappa shape index (κ2) is 6.55. The van der Waals surface area contributed by atoms with E-state index in [1.54, 1.807) is 12.1 Å². The van der Waals surface area contributed by atoms with Gasteiger partial charge in [-0.1, -0.05) is 11.6 Å². The fourth-order valence-electron chi connectivity index (χ4n) is 1.67. The summed E-state index contributed by atoms with van der Waals surface area (Å²) in [5.74, 6) is 0.534. The van der Waals surface area contributed by atoms with E-state index in [0.717, 1.165) is 3.57 Å². The number of aromatic nitrogens is 2. The molecule has 1 heterocycles. The van der Waals surface area contributed by atoms with Crippen LogP contribution >= 0.6 is 34.2 Å². The average Bonchev–Trinajstić information content (AvgIpc) is 2.48. The van der Waals surface area contributed by atoms with Crippen molar-refractivity contribution in [1.82, 2.24) is 9.97 Å². The third-order valence-corrected chi connectivity index (χ3v) is 3.88. The molecule has 20 heavy (non-hydrogen) atoms. The second-order valence-corrected chi connectivity index (χ2v) is 5.47. The van der Waals surface area contributed by atoms with Gasteiger partial charge in [-0.25, -0.2) is 4.98 Å². The van der Waals surface area contributed by atoms with Crippen LogP contribution in [0.3, 0.4) is 0 Å². The van der Waals surface area contributed by atoms with E-state index >= 15 is 0 Å². The van der Waals surface area contributed by atoms with Crippen molar-refractivity contribution in [2.75, 3.05) is 14.2 Å². The highest BCUT2D eigenvalue weighted by Gasteiger charge is 2.21. The molecular formula is C13H12ClIN2O3. The van der Waals surface area contributed by atoms with Gasteiger partial charge in [0.05, 0.1) is 20.4 Å². The molecule has 7 heteroatoms. The number of hydrogen-bond acceptors (Lipinski definition) is 5. The summed E-state index contributed by atoms with van der Waals surface area (Å²) in [6.45, 7) is 0. The maximum absolute atomic E-state index is 10.5. The molecule has 0 aliphatic carbocycles. The Kier molecular flexibility index (Phi) is 5.00. The summed E-state index contributed by atoms with van der Waals surface area (Å²) in [4.78, 5) is 8.26. The van der Waals surface area contributed by atoms with Crippen molar-refractivity contribution in [2.24, 2.45) is 0 Å². The molecule has 1 unspecified atom stereocenters. The molecule has 0 bridgehead atoms. The summed E-state index contributed by atoms with van der Waals surface area (Å²) in [6.07, 6.45) is 0.451. The summed E-state index contributed by atoms with van der Waals surface area (Å²) in [5, 5.41) is 11.0. The van der Waals surface area contributed by atoms with E-state index in [-0.39, 0.29) is 5.88 Å². The normalized spacial score (nSPS) is 12.1. The lowest BCUT2D eigenvalue weighted by molar-refractivity contribution is 0.206. The third kappa shape index (κ3) is 3.13. The summed E-state index contributed by atoms with van der Waals surface area (Å²) in [6, 6.07) is 5.28. The molecule has 2 aromatic rings. The molecule has 0 saturated carbocycles. The minimum Gasteiger partial charge on any atom is -0.480 e. The number of nitrogens with zero attached hydrogens (tertiary/aromatic N) is 2. The van der Waals surface area contributed by atoms with Gasteiger partial charge in [-0.2, -0.15) is 4.98 Å². The van der Waals surface area contributed by atoms with Crippen LogP contribution in [-0.2, 0) is 0 Å². The van der Waals surface area contributed by atoms with Gasteiger partial charge in [0.15, 0.2) is 0 Å². The van der Waals surface area contributed by atoms with Gasteiger partial charge in [-0.05, 0) is 40.8 Å². The Labute approximate surface area is 135 Å². The van der Waals surface area contributed by atoms with E-state index in [9.17, 15) is 5.11 Å². The standard InChI is InChI=1S/C13H12ClIN2O3/c1-19-10-6-16-11(13(17-10)20-2)12(18)8-5-7(14)3-4-9(8)15/h3-6,12,18H,1-2H3. The molecule has 0 amide bonds. The highest BCUT2D eigenvalue weighted by atomic mass is 127. The zero-order valence-electron chi connectivity index (χ0n) is 10.8. The van der Waals surface area contributed by atoms with Gasteiger partial charge in [0.2, 0.25) is 11.8 Å². The van der Waals surface area contributed by atoms with Gasteiger partial charge in [0.25, 0.3) is 0 Å². The molecule has 0 spiro atoms. The Balaban J connectivity index is 2.47. The SMILES string of the molecule is COc1cnc(C(O)c2cc(Cl)ccc2I)c(OC)n1. The Hall–Kier alpha value is -1.12. The van der Waals surface area contributed by atoms with E-state index < -0.39 is 6.10 Å². The lowest BCUT2D eigenvalue weighted by Gasteiger charge is -2.15. The molecule has 1 aromatic heterocycles. The molecule has 1 atom stereocenters. The average molecular weight is 407 g/mol. The van der Waals surface area contributed by atoms with Crippen molar-refractivity contribution in [3.05, 3.63) is 44.2 Å². The molecule has 0 aliphatic heterocycles. The fraction of sp³-hybridized carbons (Fsp3) is 0.231. The molecule has 1 N–H and O–H groups in total. The molecule has 0 saturated heterocycles. The number of halogens is 2. The van der Waals surface area contributed by atoms with Crippen molar-refractivity contribution < 1.29 is 14.6 Å². The van der Waals surface area contributed by atoms with E-state index in [1.807, 2.05) is 6.07 Å². The van der Waals surface area contributed by atoms with Crippen LogP contribution < -0.4 is 9.47 Å². The quantitative estimate of drug-likeness (QED) is 0.791. The highest BCUT2D eigenvalue weighted by molar-refractivity contribution is 14.1. The van der Waals surface area contributed by atoms with Crippen LogP contribution in [0.25, 0.3) is 0 Å². The summed E-state index contributed by atoms with van der Waals surface area (Å²) >= 11 is 8.09. The molecule has 2 rings (SSSR count). The second-order valence-electron chi connectivity index (χ2n) is 3.88. The smallest absolute Gasteiger partial charge is 0.241 e. The number of benzene rings is 1. The zero-order valence-corrected chi connectivity index (χ0v) is 13.7. The largest absolute Gasteiger partial charge is 0.480 e. The van der Waals surface area contributed by atoms with Crippen LogP contribution in [0.5, 0.6) is 11.8 Å². The van der Waals surface area contributed by atoms with E-state index in [0.29, 0.717) is 22.2 Å². The van der Waals surface area contributed by atoms with Gasteiger partial charge >= 0.3 is 0 Å². The summed E-state index contributed by atoms with van der Waals surface area (Å²) in [7, 11) is 2.95. The lowest BCUT2D eigenvalue weighted by atomic mass is 10.1. The van der Waals surface area contributed by atoms with Crippen molar-refractivity contribution in [3.63, 3.8) is 0 Å². The number of rotatable bonds is 4. The van der Waals surface area contributed by atoms with Crippen molar-refractivity contribution >= 4 is 34.2 Å².